The number of esters is 1. The third-order valence-electron chi connectivity index (χ3n) is 4.82. The molecule has 4 atom stereocenters. The molecule has 0 amide bonds. The number of ether oxygens (including phenoxy) is 1. The summed E-state index contributed by atoms with van der Waals surface area (Å²) in [6.07, 6.45) is 8.30. The number of allylic oxidation sites excluding steroid dienone is 1. The minimum Gasteiger partial charge on any atom is -0.462 e. The maximum absolute atomic E-state index is 11.3. The Morgan fingerprint density at radius 1 is 1.36 bits per heavy atom. The summed E-state index contributed by atoms with van der Waals surface area (Å²) in [4.78, 5) is 15.7. The normalized spacial score (nSPS) is 29.0. The second-order valence-corrected chi connectivity index (χ2v) is 6.68. The molecule has 3 heteroatoms. The number of carbonyl (C=O) groups is 1. The quantitative estimate of drug-likeness (QED) is 0.776. The summed E-state index contributed by atoms with van der Waals surface area (Å²) in [7, 11) is 0. The van der Waals surface area contributed by atoms with Gasteiger partial charge in [0.15, 0.2) is 0 Å². The molecule has 1 saturated carbocycles. The highest BCUT2D eigenvalue weighted by molar-refractivity contribution is 5.66. The summed E-state index contributed by atoms with van der Waals surface area (Å²) in [5, 5.41) is 0. The molecule has 0 saturated heterocycles. The Balaban J connectivity index is 2.17. The van der Waals surface area contributed by atoms with Crippen LogP contribution in [0.2, 0.25) is 0 Å². The van der Waals surface area contributed by atoms with Crippen LogP contribution in [0, 0.1) is 23.7 Å². The van der Waals surface area contributed by atoms with Crippen molar-refractivity contribution < 1.29 is 9.53 Å². The van der Waals surface area contributed by atoms with Crippen molar-refractivity contribution in [2.75, 3.05) is 0 Å². The van der Waals surface area contributed by atoms with Gasteiger partial charge in [0.25, 0.3) is 0 Å². The smallest absolute Gasteiger partial charge is 0.302 e. The number of rotatable bonds is 4. The van der Waals surface area contributed by atoms with Crippen molar-refractivity contribution in [3.63, 3.8) is 0 Å². The van der Waals surface area contributed by atoms with Gasteiger partial charge in [0, 0.05) is 13.1 Å². The predicted molar refractivity (Wildman–Crippen MR) is 89.0 cm³/mol. The molecule has 0 spiro atoms. The third kappa shape index (κ3) is 4.19. The van der Waals surface area contributed by atoms with Gasteiger partial charge in [0.05, 0.1) is 5.69 Å². The zero-order valence-electron chi connectivity index (χ0n) is 14.0. The van der Waals surface area contributed by atoms with E-state index in [1.165, 1.54) is 6.92 Å². The molecule has 22 heavy (non-hydrogen) atoms. The Labute approximate surface area is 133 Å². The second-order valence-electron chi connectivity index (χ2n) is 6.68. The van der Waals surface area contributed by atoms with Crippen molar-refractivity contribution in [1.29, 1.82) is 0 Å². The van der Waals surface area contributed by atoms with Crippen molar-refractivity contribution in [1.82, 2.24) is 4.98 Å². The summed E-state index contributed by atoms with van der Waals surface area (Å²) >= 11 is 0. The lowest BCUT2D eigenvalue weighted by Gasteiger charge is -2.41. The highest BCUT2D eigenvalue weighted by Gasteiger charge is 2.38. The number of nitrogens with zero attached hydrogens (tertiary/aromatic N) is 1. The summed E-state index contributed by atoms with van der Waals surface area (Å²) in [5.74, 6) is 1.83. The minimum atomic E-state index is -0.174. The molecule has 120 valence electrons. The molecule has 1 fully saturated rings. The van der Waals surface area contributed by atoms with E-state index in [-0.39, 0.29) is 12.1 Å². The number of aromatic nitrogens is 1. The molecule has 0 aromatic carbocycles. The molecule has 1 aromatic rings. The van der Waals surface area contributed by atoms with E-state index < -0.39 is 0 Å². The molecule has 1 aromatic heterocycles. The first-order valence-electron chi connectivity index (χ1n) is 8.25. The SMILES string of the molecule is CC(=O)O[C@@H]1CC[C@@H](C(C)C)[C@@H](/C=C/c2ccccn2)[C@@H]1C. The molecule has 2 rings (SSSR count). The fourth-order valence-corrected chi connectivity index (χ4v) is 3.61. The monoisotopic (exact) mass is 301 g/mol. The van der Waals surface area contributed by atoms with Crippen LogP contribution in [0.25, 0.3) is 6.08 Å². The predicted octanol–water partition coefficient (Wildman–Crippen LogP) is 4.34. The molecule has 1 aliphatic rings. The van der Waals surface area contributed by atoms with E-state index in [0.717, 1.165) is 18.5 Å². The summed E-state index contributed by atoms with van der Waals surface area (Å²) in [5.41, 5.74) is 0.979. The van der Waals surface area contributed by atoms with Gasteiger partial charge in [0.2, 0.25) is 0 Å². The summed E-state index contributed by atoms with van der Waals surface area (Å²) in [6.45, 7) is 8.27. The zero-order chi connectivity index (χ0) is 16.1. The lowest BCUT2D eigenvalue weighted by molar-refractivity contribution is -0.152. The number of hydrogen-bond donors (Lipinski definition) is 0. The third-order valence-corrected chi connectivity index (χ3v) is 4.82. The summed E-state index contributed by atoms with van der Waals surface area (Å²) in [6, 6.07) is 5.94. The highest BCUT2D eigenvalue weighted by Crippen LogP contribution is 2.41. The van der Waals surface area contributed by atoms with Crippen LogP contribution in [0.4, 0.5) is 0 Å². The Morgan fingerprint density at radius 2 is 2.14 bits per heavy atom. The standard InChI is InChI=1S/C19H27NO2/c1-13(2)17-10-11-19(22-15(4)21)14(3)18(17)9-8-16-7-5-6-12-20-16/h5-9,12-14,17-19H,10-11H2,1-4H3/b9-8+/t14-,17-,18-,19+/m0/s1. The van der Waals surface area contributed by atoms with E-state index in [9.17, 15) is 4.79 Å². The van der Waals surface area contributed by atoms with Crippen LogP contribution < -0.4 is 0 Å². The van der Waals surface area contributed by atoms with Crippen LogP contribution in [0.5, 0.6) is 0 Å². The Kier molecular flexibility index (Phi) is 5.76. The first-order valence-corrected chi connectivity index (χ1v) is 8.25. The number of pyridine rings is 1. The maximum atomic E-state index is 11.3. The summed E-state index contributed by atoms with van der Waals surface area (Å²) < 4.78 is 5.53. The maximum Gasteiger partial charge on any atom is 0.302 e. The fourth-order valence-electron chi connectivity index (χ4n) is 3.61. The van der Waals surface area contributed by atoms with E-state index in [0.29, 0.717) is 23.7 Å². The van der Waals surface area contributed by atoms with E-state index >= 15 is 0 Å². The number of hydrogen-bond acceptors (Lipinski definition) is 3. The lowest BCUT2D eigenvalue weighted by atomic mass is 9.67. The van der Waals surface area contributed by atoms with E-state index in [4.69, 9.17) is 4.74 Å². The van der Waals surface area contributed by atoms with Gasteiger partial charge in [-0.05, 0) is 54.7 Å². The van der Waals surface area contributed by atoms with Crippen molar-refractivity contribution in [2.45, 2.75) is 46.6 Å². The van der Waals surface area contributed by atoms with Crippen LogP contribution in [0.3, 0.4) is 0 Å². The molecule has 0 radical (unpaired) electrons. The van der Waals surface area contributed by atoms with Crippen molar-refractivity contribution in [3.05, 3.63) is 36.2 Å². The molecule has 0 unspecified atom stereocenters. The molecule has 1 aliphatic carbocycles. The topological polar surface area (TPSA) is 39.2 Å². The molecule has 1 heterocycles. The second kappa shape index (κ2) is 7.57. The van der Waals surface area contributed by atoms with Crippen LogP contribution in [0.1, 0.15) is 46.2 Å². The first-order chi connectivity index (χ1) is 10.5. The van der Waals surface area contributed by atoms with Crippen molar-refractivity contribution in [2.24, 2.45) is 23.7 Å². The fraction of sp³-hybridized carbons (Fsp3) is 0.579. The van der Waals surface area contributed by atoms with E-state index in [1.807, 2.05) is 24.4 Å². The van der Waals surface area contributed by atoms with Gasteiger partial charge in [-0.15, -0.1) is 0 Å². The molecule has 3 nitrogen and oxygen atoms in total. The minimum absolute atomic E-state index is 0.0332. The van der Waals surface area contributed by atoms with Crippen LogP contribution in [0.15, 0.2) is 30.5 Å². The Hall–Kier alpha value is -1.64. The van der Waals surface area contributed by atoms with Gasteiger partial charge in [-0.25, -0.2) is 0 Å². The van der Waals surface area contributed by atoms with E-state index in [1.54, 1.807) is 0 Å². The molecule has 0 N–H and O–H groups in total. The van der Waals surface area contributed by atoms with Crippen LogP contribution >= 0.6 is 0 Å². The zero-order valence-corrected chi connectivity index (χ0v) is 14.0. The van der Waals surface area contributed by atoms with Gasteiger partial charge in [0.1, 0.15) is 6.10 Å². The molecule has 0 aliphatic heterocycles. The Morgan fingerprint density at radius 3 is 2.73 bits per heavy atom. The average molecular weight is 301 g/mol. The molecular formula is C19H27NO2. The van der Waals surface area contributed by atoms with Gasteiger partial charge in [-0.1, -0.05) is 32.9 Å². The first kappa shape index (κ1) is 16.7. The molecule has 0 bridgehead atoms. The van der Waals surface area contributed by atoms with Gasteiger partial charge >= 0.3 is 5.97 Å². The van der Waals surface area contributed by atoms with Gasteiger partial charge < -0.3 is 4.74 Å². The van der Waals surface area contributed by atoms with Crippen molar-refractivity contribution >= 4 is 12.0 Å². The largest absolute Gasteiger partial charge is 0.462 e. The number of carbonyl (C=O) groups excluding carboxylic acids is 1. The van der Waals surface area contributed by atoms with Crippen LogP contribution in [-0.2, 0) is 9.53 Å². The van der Waals surface area contributed by atoms with Gasteiger partial charge in [-0.3, -0.25) is 9.78 Å². The molecular weight excluding hydrogens is 274 g/mol. The van der Waals surface area contributed by atoms with Crippen molar-refractivity contribution in [3.8, 4) is 0 Å². The lowest BCUT2D eigenvalue weighted by Crippen LogP contribution is -2.39. The average Bonchev–Trinajstić information content (AvgIpc) is 2.48. The van der Waals surface area contributed by atoms with Crippen LogP contribution in [-0.4, -0.2) is 17.1 Å². The highest BCUT2D eigenvalue weighted by atomic mass is 16.5. The Bertz CT molecular complexity index is 509. The van der Waals surface area contributed by atoms with Gasteiger partial charge in [-0.2, -0.15) is 0 Å². The van der Waals surface area contributed by atoms with E-state index in [2.05, 4.69) is 37.9 Å².